The third kappa shape index (κ3) is 4.65. The predicted molar refractivity (Wildman–Crippen MR) is 132 cm³/mol. The van der Waals surface area contributed by atoms with Crippen molar-refractivity contribution in [1.82, 2.24) is 0 Å². The van der Waals surface area contributed by atoms with Gasteiger partial charge in [0.15, 0.2) is 11.6 Å². The lowest BCUT2D eigenvalue weighted by atomic mass is 9.65. The molecule has 33 heavy (non-hydrogen) atoms. The van der Waals surface area contributed by atoms with Gasteiger partial charge in [0.1, 0.15) is 17.1 Å². The summed E-state index contributed by atoms with van der Waals surface area (Å²) in [5, 5.41) is 11.0. The maximum atomic E-state index is 14.0. The lowest BCUT2D eigenvalue weighted by molar-refractivity contribution is -0.128. The third-order valence-corrected chi connectivity index (χ3v) is 5.78. The summed E-state index contributed by atoms with van der Waals surface area (Å²) in [6.45, 7) is 7.61. The molecule has 4 heteroatoms. The van der Waals surface area contributed by atoms with Crippen molar-refractivity contribution >= 4 is 23.4 Å². The monoisotopic (exact) mass is 440 g/mol. The van der Waals surface area contributed by atoms with E-state index < -0.39 is 17.0 Å². The Hall–Kier alpha value is -3.92. The smallest absolute Gasteiger partial charge is 0.200 e. The summed E-state index contributed by atoms with van der Waals surface area (Å²) >= 11 is 0. The van der Waals surface area contributed by atoms with E-state index in [1.54, 1.807) is 42.5 Å². The number of ether oxygens (including phenoxy) is 1. The Bertz CT molecular complexity index is 1140. The standard InChI is InChI=1S/C29H28O4/c1-4-13-23-26(31)24(25(30)22-17-10-7-11-18-22)27(32)29(19-5-2,28(23)33-3)20-12-16-21-14-8-6-9-15-21/h4-12,14-18,30H,1-2,13,19-20H2,3H3/b16-12+,25-24-. The molecule has 0 saturated carbocycles. The van der Waals surface area contributed by atoms with Crippen molar-refractivity contribution in [3.63, 3.8) is 0 Å². The lowest BCUT2D eigenvalue weighted by Crippen LogP contribution is -2.42. The molecule has 1 aliphatic rings. The van der Waals surface area contributed by atoms with Crippen LogP contribution in [0.5, 0.6) is 0 Å². The molecule has 1 aliphatic carbocycles. The van der Waals surface area contributed by atoms with Crippen LogP contribution in [-0.2, 0) is 14.3 Å². The molecule has 2 aromatic carbocycles. The zero-order valence-corrected chi connectivity index (χ0v) is 18.8. The van der Waals surface area contributed by atoms with Gasteiger partial charge in [-0.1, -0.05) is 85.0 Å². The highest BCUT2D eigenvalue weighted by Gasteiger charge is 2.51. The Morgan fingerprint density at radius 3 is 2.18 bits per heavy atom. The highest BCUT2D eigenvalue weighted by Crippen LogP contribution is 2.47. The summed E-state index contributed by atoms with van der Waals surface area (Å²) in [4.78, 5) is 27.4. The van der Waals surface area contributed by atoms with Gasteiger partial charge in [0, 0.05) is 11.1 Å². The van der Waals surface area contributed by atoms with Crippen LogP contribution in [0, 0.1) is 5.41 Å². The van der Waals surface area contributed by atoms with Crippen molar-refractivity contribution in [2.75, 3.05) is 7.11 Å². The Kier molecular flexibility index (Phi) is 7.62. The van der Waals surface area contributed by atoms with Crippen LogP contribution in [0.15, 0.2) is 109 Å². The quantitative estimate of drug-likeness (QED) is 0.217. The summed E-state index contributed by atoms with van der Waals surface area (Å²) in [7, 11) is 1.46. The van der Waals surface area contributed by atoms with Crippen molar-refractivity contribution in [3.05, 3.63) is 120 Å². The Labute approximate surface area is 194 Å². The van der Waals surface area contributed by atoms with Crippen molar-refractivity contribution in [1.29, 1.82) is 0 Å². The van der Waals surface area contributed by atoms with E-state index in [9.17, 15) is 14.7 Å². The normalized spacial score (nSPS) is 20.2. The Balaban J connectivity index is 2.22. The van der Waals surface area contributed by atoms with E-state index in [1.165, 1.54) is 7.11 Å². The van der Waals surface area contributed by atoms with Crippen LogP contribution in [0.25, 0.3) is 11.8 Å². The number of carbonyl (C=O) groups excluding carboxylic acids is 2. The van der Waals surface area contributed by atoms with Gasteiger partial charge in [0.2, 0.25) is 0 Å². The van der Waals surface area contributed by atoms with Gasteiger partial charge in [-0.05, 0) is 24.8 Å². The molecule has 3 rings (SSSR count). The number of carbonyl (C=O) groups is 2. The number of methoxy groups -OCH3 is 1. The average molecular weight is 441 g/mol. The number of aliphatic hydroxyl groups is 1. The number of rotatable bonds is 9. The fourth-order valence-electron chi connectivity index (χ4n) is 4.25. The number of hydrogen-bond donors (Lipinski definition) is 1. The predicted octanol–water partition coefficient (Wildman–Crippen LogP) is 6.25. The van der Waals surface area contributed by atoms with Gasteiger partial charge in [0.05, 0.1) is 12.5 Å². The van der Waals surface area contributed by atoms with Crippen LogP contribution in [0.2, 0.25) is 0 Å². The lowest BCUT2D eigenvalue weighted by Gasteiger charge is -2.37. The van der Waals surface area contributed by atoms with Crippen LogP contribution in [0.1, 0.15) is 30.4 Å². The first-order valence-corrected chi connectivity index (χ1v) is 10.8. The second kappa shape index (κ2) is 10.6. The van der Waals surface area contributed by atoms with Crippen molar-refractivity contribution in [2.24, 2.45) is 5.41 Å². The zero-order valence-electron chi connectivity index (χ0n) is 18.8. The van der Waals surface area contributed by atoms with E-state index in [4.69, 9.17) is 4.74 Å². The molecule has 1 N–H and O–H groups in total. The van der Waals surface area contributed by atoms with Gasteiger partial charge in [-0.2, -0.15) is 0 Å². The molecule has 168 valence electrons. The molecule has 0 saturated heterocycles. The first-order valence-electron chi connectivity index (χ1n) is 10.8. The Morgan fingerprint density at radius 2 is 1.61 bits per heavy atom. The molecule has 0 radical (unpaired) electrons. The first-order chi connectivity index (χ1) is 16.0. The van der Waals surface area contributed by atoms with Crippen LogP contribution < -0.4 is 0 Å². The van der Waals surface area contributed by atoms with Crippen molar-refractivity contribution in [2.45, 2.75) is 19.3 Å². The van der Waals surface area contributed by atoms with Crippen LogP contribution in [0.3, 0.4) is 0 Å². The molecular formula is C29H28O4. The maximum absolute atomic E-state index is 14.0. The fourth-order valence-corrected chi connectivity index (χ4v) is 4.25. The summed E-state index contributed by atoms with van der Waals surface area (Å²) in [5.74, 6) is -1.04. The molecule has 2 aromatic rings. The van der Waals surface area contributed by atoms with Gasteiger partial charge in [0.25, 0.3) is 0 Å². The minimum absolute atomic E-state index is 0.210. The molecule has 1 unspecified atom stereocenters. The largest absolute Gasteiger partial charge is 0.506 e. The number of aliphatic hydroxyl groups excluding tert-OH is 1. The second-order valence-corrected chi connectivity index (χ2v) is 7.84. The van der Waals surface area contributed by atoms with Crippen molar-refractivity contribution in [3.8, 4) is 0 Å². The van der Waals surface area contributed by atoms with Gasteiger partial charge in [-0.15, -0.1) is 13.2 Å². The molecule has 1 atom stereocenters. The number of benzene rings is 2. The van der Waals surface area contributed by atoms with Gasteiger partial charge in [-0.3, -0.25) is 9.59 Å². The molecule has 0 heterocycles. The van der Waals surface area contributed by atoms with E-state index in [-0.39, 0.29) is 30.6 Å². The fraction of sp³-hybridized carbons (Fsp3) is 0.172. The van der Waals surface area contributed by atoms with E-state index in [2.05, 4.69) is 13.2 Å². The Morgan fingerprint density at radius 1 is 0.970 bits per heavy atom. The van der Waals surface area contributed by atoms with Gasteiger partial charge >= 0.3 is 0 Å². The number of allylic oxidation sites excluding steroid dienone is 6. The molecule has 0 aliphatic heterocycles. The van der Waals surface area contributed by atoms with E-state index >= 15 is 0 Å². The van der Waals surface area contributed by atoms with E-state index in [0.29, 0.717) is 16.9 Å². The van der Waals surface area contributed by atoms with Crippen LogP contribution in [-0.4, -0.2) is 23.8 Å². The SMILES string of the molecule is C=CCC1=C(OC)C(CC=C)(C/C=C/c2ccccc2)C(=O)/C(=C(\O)c2ccccc2)C1=O. The summed E-state index contributed by atoms with van der Waals surface area (Å²) < 4.78 is 5.71. The highest BCUT2D eigenvalue weighted by atomic mass is 16.5. The van der Waals surface area contributed by atoms with Crippen LogP contribution in [0.4, 0.5) is 0 Å². The minimum Gasteiger partial charge on any atom is -0.506 e. The third-order valence-electron chi connectivity index (χ3n) is 5.78. The highest BCUT2D eigenvalue weighted by molar-refractivity contribution is 6.34. The molecule has 0 bridgehead atoms. The molecule has 0 amide bonds. The summed E-state index contributed by atoms with van der Waals surface area (Å²) in [6, 6.07) is 18.3. The number of hydrogen-bond acceptors (Lipinski definition) is 4. The average Bonchev–Trinajstić information content (AvgIpc) is 2.84. The molecule has 0 aromatic heterocycles. The van der Waals surface area contributed by atoms with E-state index in [0.717, 1.165) is 5.56 Å². The molecule has 4 nitrogen and oxygen atoms in total. The molecular weight excluding hydrogens is 412 g/mol. The van der Waals surface area contributed by atoms with Crippen molar-refractivity contribution < 1.29 is 19.4 Å². The zero-order chi connectivity index (χ0) is 23.8. The summed E-state index contributed by atoms with van der Waals surface area (Å²) in [6.07, 6.45) is 7.79. The molecule has 0 fully saturated rings. The van der Waals surface area contributed by atoms with Gasteiger partial charge < -0.3 is 9.84 Å². The number of Topliss-reactive ketones (excluding diaryl/α,β-unsaturated/α-hetero) is 2. The minimum atomic E-state index is -1.20. The number of ketones is 2. The van der Waals surface area contributed by atoms with Gasteiger partial charge in [-0.25, -0.2) is 0 Å². The second-order valence-electron chi connectivity index (χ2n) is 7.84. The summed E-state index contributed by atoms with van der Waals surface area (Å²) in [5.41, 5.74) is 0.281. The topological polar surface area (TPSA) is 63.6 Å². The van der Waals surface area contributed by atoms with Crippen LogP contribution >= 0.6 is 0 Å². The maximum Gasteiger partial charge on any atom is 0.200 e. The first kappa shape index (κ1) is 23.7. The molecule has 0 spiro atoms. The van der Waals surface area contributed by atoms with E-state index in [1.807, 2.05) is 42.5 Å².